The number of carbonyl (C=O) groups is 3. The smallest absolute Gasteiger partial charge is 0.226 e. The average Bonchev–Trinajstić information content (AvgIpc) is 2.78. The lowest BCUT2D eigenvalue weighted by Crippen LogP contribution is -2.50. The second-order valence-electron chi connectivity index (χ2n) is 10.2. The second-order valence-corrected chi connectivity index (χ2v) is 10.2. The minimum atomic E-state index is -0.982. The lowest BCUT2D eigenvalue weighted by atomic mass is 9.83. The highest BCUT2D eigenvalue weighted by molar-refractivity contribution is 5.93. The molecule has 0 aliphatic carbocycles. The zero-order chi connectivity index (χ0) is 24.8. The highest BCUT2D eigenvalue weighted by Gasteiger charge is 2.34. The molecule has 0 bridgehead atoms. The van der Waals surface area contributed by atoms with Crippen molar-refractivity contribution in [2.24, 2.45) is 23.5 Å². The SMILES string of the molecule is CCCCCCCC[C@H]1CCNC(C(=O)C[C@H](C(=O)N[C@@H](CCN)C(=O)C(C)C)C(C)O)C1. The van der Waals surface area contributed by atoms with Crippen molar-refractivity contribution >= 4 is 17.5 Å². The van der Waals surface area contributed by atoms with Gasteiger partial charge in [-0.1, -0.05) is 65.7 Å². The van der Waals surface area contributed by atoms with Crippen LogP contribution in [0.15, 0.2) is 0 Å². The van der Waals surface area contributed by atoms with E-state index < -0.39 is 24.0 Å². The van der Waals surface area contributed by atoms with Crippen LogP contribution in [0.3, 0.4) is 0 Å². The van der Waals surface area contributed by atoms with Gasteiger partial charge in [-0.25, -0.2) is 0 Å². The lowest BCUT2D eigenvalue weighted by Gasteiger charge is -2.31. The molecule has 0 aromatic heterocycles. The van der Waals surface area contributed by atoms with Gasteiger partial charge in [0.1, 0.15) is 0 Å². The molecule has 1 saturated heterocycles. The van der Waals surface area contributed by atoms with Crippen LogP contribution in [0, 0.1) is 17.8 Å². The Balaban J connectivity index is 2.61. The summed E-state index contributed by atoms with van der Waals surface area (Å²) in [6, 6.07) is -0.955. The molecule has 5 N–H and O–H groups in total. The number of hydrogen-bond acceptors (Lipinski definition) is 6. The minimum Gasteiger partial charge on any atom is -0.393 e. The van der Waals surface area contributed by atoms with Gasteiger partial charge in [-0.15, -0.1) is 0 Å². The highest BCUT2D eigenvalue weighted by atomic mass is 16.3. The Bertz CT molecular complexity index is 594. The summed E-state index contributed by atoms with van der Waals surface area (Å²) in [6.07, 6.45) is 9.97. The van der Waals surface area contributed by atoms with Gasteiger partial charge in [0, 0.05) is 12.3 Å². The molecule has 192 valence electrons. The van der Waals surface area contributed by atoms with Gasteiger partial charge in [-0.3, -0.25) is 14.4 Å². The Kier molecular flexibility index (Phi) is 14.7. The number of unbranched alkanes of at least 4 members (excludes halogenated alkanes) is 5. The molecular weight excluding hydrogens is 418 g/mol. The first-order valence-electron chi connectivity index (χ1n) is 13.2. The zero-order valence-electron chi connectivity index (χ0n) is 21.4. The molecule has 0 aromatic rings. The number of rotatable bonds is 17. The minimum absolute atomic E-state index is 0.0316. The van der Waals surface area contributed by atoms with Gasteiger partial charge in [-0.05, 0) is 45.2 Å². The Morgan fingerprint density at radius 1 is 1.09 bits per heavy atom. The highest BCUT2D eigenvalue weighted by Crippen LogP contribution is 2.25. The van der Waals surface area contributed by atoms with Crippen LogP contribution in [0.2, 0.25) is 0 Å². The average molecular weight is 468 g/mol. The van der Waals surface area contributed by atoms with Crippen LogP contribution in [-0.2, 0) is 14.4 Å². The fourth-order valence-electron chi connectivity index (χ4n) is 4.69. The number of Topliss-reactive ketones (excluding diaryl/α,β-unsaturated/α-hetero) is 2. The summed E-state index contributed by atoms with van der Waals surface area (Å²) < 4.78 is 0. The summed E-state index contributed by atoms with van der Waals surface area (Å²) in [5, 5.41) is 16.3. The van der Waals surface area contributed by atoms with E-state index in [1.54, 1.807) is 13.8 Å². The third kappa shape index (κ3) is 11.1. The molecule has 0 aromatic carbocycles. The molecule has 1 heterocycles. The van der Waals surface area contributed by atoms with Gasteiger partial charge in [0.15, 0.2) is 11.6 Å². The van der Waals surface area contributed by atoms with Gasteiger partial charge in [0.05, 0.1) is 24.1 Å². The molecule has 33 heavy (non-hydrogen) atoms. The maximum atomic E-state index is 13.0. The van der Waals surface area contributed by atoms with Crippen molar-refractivity contribution in [1.29, 1.82) is 0 Å². The first kappa shape index (κ1) is 29.7. The number of hydrogen-bond donors (Lipinski definition) is 4. The van der Waals surface area contributed by atoms with E-state index in [0.717, 1.165) is 25.8 Å². The molecular formula is C26H49N3O4. The molecule has 7 nitrogen and oxygen atoms in total. The van der Waals surface area contributed by atoms with E-state index in [0.29, 0.717) is 12.3 Å². The van der Waals surface area contributed by atoms with Crippen molar-refractivity contribution in [2.75, 3.05) is 13.1 Å². The van der Waals surface area contributed by atoms with Crippen molar-refractivity contribution in [3.63, 3.8) is 0 Å². The van der Waals surface area contributed by atoms with Crippen LogP contribution in [0.5, 0.6) is 0 Å². The van der Waals surface area contributed by atoms with Crippen molar-refractivity contribution in [1.82, 2.24) is 10.6 Å². The van der Waals surface area contributed by atoms with Crippen molar-refractivity contribution in [3.05, 3.63) is 0 Å². The van der Waals surface area contributed by atoms with E-state index in [1.165, 1.54) is 45.4 Å². The molecule has 1 rings (SSSR count). The van der Waals surface area contributed by atoms with E-state index in [1.807, 2.05) is 0 Å². The van der Waals surface area contributed by atoms with Gasteiger partial charge < -0.3 is 21.5 Å². The molecule has 1 amide bonds. The molecule has 0 saturated carbocycles. The van der Waals surface area contributed by atoms with E-state index in [-0.39, 0.29) is 36.5 Å². The summed E-state index contributed by atoms with van der Waals surface area (Å²) in [5.41, 5.74) is 5.62. The fraction of sp³-hybridized carbons (Fsp3) is 0.885. The topological polar surface area (TPSA) is 122 Å². The predicted molar refractivity (Wildman–Crippen MR) is 133 cm³/mol. The van der Waals surface area contributed by atoms with Gasteiger partial charge in [-0.2, -0.15) is 0 Å². The summed E-state index contributed by atoms with van der Waals surface area (Å²) in [5.74, 6) is -1.15. The Morgan fingerprint density at radius 2 is 1.76 bits per heavy atom. The number of nitrogens with two attached hydrogens (primary N) is 1. The first-order chi connectivity index (χ1) is 15.7. The molecule has 0 spiro atoms. The Labute approximate surface area is 201 Å². The number of ketones is 2. The first-order valence-corrected chi connectivity index (χ1v) is 13.2. The summed E-state index contributed by atoms with van der Waals surface area (Å²) in [6.45, 7) is 8.39. The molecule has 5 atom stereocenters. The zero-order valence-corrected chi connectivity index (χ0v) is 21.4. The van der Waals surface area contributed by atoms with Crippen LogP contribution in [0.25, 0.3) is 0 Å². The van der Waals surface area contributed by atoms with Gasteiger partial charge in [0.25, 0.3) is 0 Å². The maximum absolute atomic E-state index is 13.0. The normalized spacial score (nSPS) is 21.4. The lowest BCUT2D eigenvalue weighted by molar-refractivity contribution is -0.136. The second kappa shape index (κ2) is 16.3. The van der Waals surface area contributed by atoms with E-state index in [4.69, 9.17) is 5.73 Å². The molecule has 7 heteroatoms. The molecule has 1 fully saturated rings. The Morgan fingerprint density at radius 3 is 2.36 bits per heavy atom. The number of aliphatic hydroxyl groups is 1. The Hall–Kier alpha value is -1.31. The number of nitrogens with one attached hydrogen (secondary N) is 2. The molecule has 1 aliphatic heterocycles. The van der Waals surface area contributed by atoms with Crippen molar-refractivity contribution in [2.45, 2.75) is 117 Å². The van der Waals surface area contributed by atoms with Crippen LogP contribution in [-0.4, -0.2) is 53.9 Å². The van der Waals surface area contributed by atoms with Crippen LogP contribution < -0.4 is 16.4 Å². The molecule has 1 aliphatic rings. The number of aliphatic hydroxyl groups excluding tert-OH is 1. The summed E-state index contributed by atoms with van der Waals surface area (Å²) in [7, 11) is 0. The summed E-state index contributed by atoms with van der Waals surface area (Å²) >= 11 is 0. The molecule has 0 radical (unpaired) electrons. The van der Waals surface area contributed by atoms with Crippen LogP contribution >= 0.6 is 0 Å². The van der Waals surface area contributed by atoms with Crippen LogP contribution in [0.4, 0.5) is 0 Å². The van der Waals surface area contributed by atoms with Crippen molar-refractivity contribution < 1.29 is 19.5 Å². The quantitative estimate of drug-likeness (QED) is 0.244. The monoisotopic (exact) mass is 467 g/mol. The predicted octanol–water partition coefficient (Wildman–Crippen LogP) is 3.12. The number of piperidine rings is 1. The van der Waals surface area contributed by atoms with E-state index >= 15 is 0 Å². The summed E-state index contributed by atoms with van der Waals surface area (Å²) in [4.78, 5) is 38.3. The number of carbonyl (C=O) groups excluding carboxylic acids is 3. The van der Waals surface area contributed by atoms with Gasteiger partial charge >= 0.3 is 0 Å². The third-order valence-electron chi connectivity index (χ3n) is 6.89. The maximum Gasteiger partial charge on any atom is 0.226 e. The fourth-order valence-corrected chi connectivity index (χ4v) is 4.69. The van der Waals surface area contributed by atoms with Gasteiger partial charge in [0.2, 0.25) is 5.91 Å². The molecule has 2 unspecified atom stereocenters. The van der Waals surface area contributed by atoms with Crippen molar-refractivity contribution in [3.8, 4) is 0 Å². The standard InChI is InChI=1S/C26H49N3O4/c1-5-6-7-8-9-10-11-20-13-15-28-23(16-20)24(31)17-21(19(4)30)26(33)29-22(12-14-27)25(32)18(2)3/h18-23,28,30H,5-17,27H2,1-4H3,(H,29,33)/t19?,20-,21-,22-,23?/m0/s1. The van der Waals surface area contributed by atoms with Crippen LogP contribution in [0.1, 0.15) is 98.3 Å². The number of amides is 1. The van der Waals surface area contributed by atoms with E-state index in [9.17, 15) is 19.5 Å². The largest absolute Gasteiger partial charge is 0.393 e. The third-order valence-corrected chi connectivity index (χ3v) is 6.89. The van der Waals surface area contributed by atoms with E-state index in [2.05, 4.69) is 17.6 Å².